The van der Waals surface area contributed by atoms with Gasteiger partial charge >= 0.3 is 0 Å². The van der Waals surface area contributed by atoms with E-state index in [0.29, 0.717) is 6.54 Å². The van der Waals surface area contributed by atoms with Crippen molar-refractivity contribution in [1.82, 2.24) is 24.8 Å². The number of carbonyl (C=O) groups is 1. The van der Waals surface area contributed by atoms with E-state index in [2.05, 4.69) is 24.8 Å². The van der Waals surface area contributed by atoms with Gasteiger partial charge in [-0.2, -0.15) is 0 Å². The van der Waals surface area contributed by atoms with Crippen molar-refractivity contribution in [3.05, 3.63) is 48.3 Å². The molecule has 2 aliphatic rings. The molecule has 3 heterocycles. The van der Waals surface area contributed by atoms with Crippen LogP contribution in [0.1, 0.15) is 36.9 Å². The second kappa shape index (κ2) is 7.19. The first-order chi connectivity index (χ1) is 12.7. The van der Waals surface area contributed by atoms with Crippen LogP contribution in [0.25, 0.3) is 0 Å². The van der Waals surface area contributed by atoms with Gasteiger partial charge in [-0.3, -0.25) is 14.7 Å². The second-order valence-electron chi connectivity index (χ2n) is 7.84. The fourth-order valence-corrected chi connectivity index (χ4v) is 4.74. The van der Waals surface area contributed by atoms with Crippen LogP contribution in [0.2, 0.25) is 0 Å². The van der Waals surface area contributed by atoms with Crippen LogP contribution in [0.3, 0.4) is 0 Å². The number of amides is 1. The number of rotatable bonds is 5. The van der Waals surface area contributed by atoms with Gasteiger partial charge in [0.2, 0.25) is 5.91 Å². The van der Waals surface area contributed by atoms with Gasteiger partial charge in [0.05, 0.1) is 12.0 Å². The number of pyridine rings is 1. The Bertz CT molecular complexity index is 759. The number of aromatic nitrogens is 3. The average molecular weight is 353 g/mol. The van der Waals surface area contributed by atoms with Crippen LogP contribution in [0, 0.1) is 11.3 Å². The zero-order valence-electron chi connectivity index (χ0n) is 15.4. The average Bonchev–Trinajstić information content (AvgIpc) is 3.37. The molecule has 1 amide bonds. The monoisotopic (exact) mass is 353 g/mol. The zero-order valence-corrected chi connectivity index (χ0v) is 15.4. The van der Waals surface area contributed by atoms with Gasteiger partial charge in [-0.1, -0.05) is 12.5 Å². The minimum absolute atomic E-state index is 0.135. The molecule has 6 nitrogen and oxygen atoms in total. The van der Waals surface area contributed by atoms with Gasteiger partial charge in [-0.15, -0.1) is 0 Å². The summed E-state index contributed by atoms with van der Waals surface area (Å²) < 4.78 is 2.08. The summed E-state index contributed by atoms with van der Waals surface area (Å²) in [5, 5.41) is 3.15. The number of hydrogen-bond acceptors (Lipinski definition) is 4. The Balaban J connectivity index is 1.38. The molecule has 0 radical (unpaired) electrons. The summed E-state index contributed by atoms with van der Waals surface area (Å²) in [4.78, 5) is 23.7. The molecule has 0 bridgehead atoms. The molecule has 1 aliphatic carbocycles. The van der Waals surface area contributed by atoms with Gasteiger partial charge in [0.15, 0.2) is 0 Å². The van der Waals surface area contributed by atoms with E-state index in [4.69, 9.17) is 0 Å². The second-order valence-corrected chi connectivity index (χ2v) is 7.84. The smallest absolute Gasteiger partial charge is 0.223 e. The highest BCUT2D eigenvalue weighted by atomic mass is 16.1. The summed E-state index contributed by atoms with van der Waals surface area (Å²) in [7, 11) is 2.04. The molecule has 26 heavy (non-hydrogen) atoms. The van der Waals surface area contributed by atoms with Gasteiger partial charge in [0, 0.05) is 51.2 Å². The standard InChI is InChI=1S/C20H27N5O/c1-24-15-22-12-17(24)13-25-9-7-20(14-25)6-2-5-18(20)19(26)23-11-16-4-3-8-21-10-16/h3-4,8,10,12,15,18H,2,5-7,9,11,13-14H2,1H3,(H,23,26)/t18-,20-/m0/s1. The Kier molecular flexibility index (Phi) is 4.76. The lowest BCUT2D eigenvalue weighted by Crippen LogP contribution is -2.40. The number of aryl methyl sites for hydroxylation is 1. The van der Waals surface area contributed by atoms with E-state index in [1.807, 2.05) is 37.9 Å². The molecule has 0 aromatic carbocycles. The Labute approximate surface area is 154 Å². The Morgan fingerprint density at radius 1 is 1.35 bits per heavy atom. The molecule has 6 heteroatoms. The van der Waals surface area contributed by atoms with Gasteiger partial charge in [-0.25, -0.2) is 4.98 Å². The van der Waals surface area contributed by atoms with Crippen molar-refractivity contribution in [3.63, 3.8) is 0 Å². The molecule has 1 saturated carbocycles. The number of carbonyl (C=O) groups excluding carboxylic acids is 1. The van der Waals surface area contributed by atoms with Crippen molar-refractivity contribution in [3.8, 4) is 0 Å². The van der Waals surface area contributed by atoms with Crippen LogP contribution in [0.15, 0.2) is 37.1 Å². The number of nitrogens with zero attached hydrogens (tertiary/aromatic N) is 4. The van der Waals surface area contributed by atoms with E-state index >= 15 is 0 Å². The van der Waals surface area contributed by atoms with Gasteiger partial charge < -0.3 is 9.88 Å². The fourth-order valence-electron chi connectivity index (χ4n) is 4.74. The lowest BCUT2D eigenvalue weighted by Gasteiger charge is -2.30. The Morgan fingerprint density at radius 3 is 3.04 bits per heavy atom. The van der Waals surface area contributed by atoms with E-state index in [9.17, 15) is 4.79 Å². The number of imidazole rings is 1. The van der Waals surface area contributed by atoms with Crippen LogP contribution in [-0.4, -0.2) is 38.4 Å². The minimum Gasteiger partial charge on any atom is -0.352 e. The van der Waals surface area contributed by atoms with Crippen LogP contribution >= 0.6 is 0 Å². The summed E-state index contributed by atoms with van der Waals surface area (Å²) in [6.45, 7) is 3.57. The molecule has 0 unspecified atom stereocenters. The molecular formula is C20H27N5O. The topological polar surface area (TPSA) is 63.1 Å². The molecule has 1 saturated heterocycles. The fraction of sp³-hybridized carbons (Fsp3) is 0.550. The van der Waals surface area contributed by atoms with E-state index in [1.165, 1.54) is 12.1 Å². The SMILES string of the molecule is Cn1cncc1CN1CC[C@@]2(CCC[C@H]2C(=O)NCc2cccnc2)C1. The molecule has 138 valence electrons. The quantitative estimate of drug-likeness (QED) is 0.894. The van der Waals surface area contributed by atoms with Crippen molar-refractivity contribution in [2.75, 3.05) is 13.1 Å². The number of nitrogens with one attached hydrogen (secondary N) is 1. The Hall–Kier alpha value is -2.21. The van der Waals surface area contributed by atoms with E-state index in [-0.39, 0.29) is 17.2 Å². The summed E-state index contributed by atoms with van der Waals surface area (Å²) in [5.74, 6) is 0.351. The number of hydrogen-bond donors (Lipinski definition) is 1. The highest BCUT2D eigenvalue weighted by Crippen LogP contribution is 2.50. The first kappa shape index (κ1) is 17.2. The largest absolute Gasteiger partial charge is 0.352 e. The van der Waals surface area contributed by atoms with E-state index < -0.39 is 0 Å². The molecule has 1 N–H and O–H groups in total. The molecule has 1 aliphatic heterocycles. The maximum Gasteiger partial charge on any atom is 0.223 e. The maximum atomic E-state index is 12.9. The molecule has 2 aromatic rings. The van der Waals surface area contributed by atoms with E-state index in [0.717, 1.165) is 44.5 Å². The normalized spacial score (nSPS) is 25.8. The van der Waals surface area contributed by atoms with Crippen LogP contribution in [-0.2, 0) is 24.9 Å². The summed E-state index contributed by atoms with van der Waals surface area (Å²) in [6, 6.07) is 3.91. The van der Waals surface area contributed by atoms with Crippen molar-refractivity contribution in [2.24, 2.45) is 18.4 Å². The minimum atomic E-state index is 0.135. The van der Waals surface area contributed by atoms with Crippen molar-refractivity contribution >= 4 is 5.91 Å². The third-order valence-electron chi connectivity index (χ3n) is 6.18. The predicted octanol–water partition coefficient (Wildman–Crippen LogP) is 2.12. The predicted molar refractivity (Wildman–Crippen MR) is 99.0 cm³/mol. The van der Waals surface area contributed by atoms with Crippen molar-refractivity contribution < 1.29 is 4.79 Å². The molecule has 1 spiro atoms. The van der Waals surface area contributed by atoms with Crippen LogP contribution in [0.5, 0.6) is 0 Å². The maximum absolute atomic E-state index is 12.9. The Morgan fingerprint density at radius 2 is 2.27 bits per heavy atom. The summed E-state index contributed by atoms with van der Waals surface area (Å²) in [5.41, 5.74) is 2.44. The lowest BCUT2D eigenvalue weighted by atomic mass is 9.76. The van der Waals surface area contributed by atoms with E-state index in [1.54, 1.807) is 6.20 Å². The van der Waals surface area contributed by atoms with Gasteiger partial charge in [-0.05, 0) is 42.9 Å². The lowest BCUT2D eigenvalue weighted by molar-refractivity contribution is -0.128. The van der Waals surface area contributed by atoms with Crippen molar-refractivity contribution in [2.45, 2.75) is 38.8 Å². The zero-order chi connectivity index (χ0) is 18.0. The molecular weight excluding hydrogens is 326 g/mol. The molecule has 2 aromatic heterocycles. The molecule has 2 fully saturated rings. The van der Waals surface area contributed by atoms with Gasteiger partial charge in [0.25, 0.3) is 0 Å². The summed E-state index contributed by atoms with van der Waals surface area (Å²) in [6.07, 6.45) is 11.8. The number of likely N-dealkylation sites (tertiary alicyclic amines) is 1. The third kappa shape index (κ3) is 3.38. The first-order valence-electron chi connectivity index (χ1n) is 9.50. The molecule has 4 rings (SSSR count). The third-order valence-corrected chi connectivity index (χ3v) is 6.18. The van der Waals surface area contributed by atoms with Crippen LogP contribution < -0.4 is 5.32 Å². The first-order valence-corrected chi connectivity index (χ1v) is 9.50. The van der Waals surface area contributed by atoms with Crippen molar-refractivity contribution in [1.29, 1.82) is 0 Å². The molecule has 2 atom stereocenters. The van der Waals surface area contributed by atoms with Crippen LogP contribution in [0.4, 0.5) is 0 Å². The highest BCUT2D eigenvalue weighted by Gasteiger charge is 2.50. The summed E-state index contributed by atoms with van der Waals surface area (Å²) >= 11 is 0. The highest BCUT2D eigenvalue weighted by molar-refractivity contribution is 5.80. The van der Waals surface area contributed by atoms with Gasteiger partial charge in [0.1, 0.15) is 0 Å².